The van der Waals surface area contributed by atoms with Crippen LogP contribution in [0.1, 0.15) is 36.7 Å². The van der Waals surface area contributed by atoms with Crippen LogP contribution >= 0.6 is 0 Å². The van der Waals surface area contributed by atoms with E-state index in [4.69, 9.17) is 0 Å². The van der Waals surface area contributed by atoms with E-state index in [1.807, 2.05) is 51.1 Å². The summed E-state index contributed by atoms with van der Waals surface area (Å²) < 4.78 is 26.7. The van der Waals surface area contributed by atoms with E-state index in [9.17, 15) is 13.2 Å². The van der Waals surface area contributed by atoms with Crippen LogP contribution in [0.25, 0.3) is 0 Å². The van der Waals surface area contributed by atoms with Gasteiger partial charge in [-0.2, -0.15) is 4.31 Å². The zero-order valence-corrected chi connectivity index (χ0v) is 16.5. The summed E-state index contributed by atoms with van der Waals surface area (Å²) in [6.07, 6.45) is 0. The van der Waals surface area contributed by atoms with Crippen LogP contribution in [0.3, 0.4) is 0 Å². The average Bonchev–Trinajstić information content (AvgIpc) is 2.65. The lowest BCUT2D eigenvalue weighted by Gasteiger charge is -2.23. The number of carbonyl (C=O) groups excluding carboxylic acids is 1. The molecule has 0 spiro atoms. The lowest BCUT2D eigenvalue weighted by atomic mass is 10.1. The van der Waals surface area contributed by atoms with Gasteiger partial charge in [0.05, 0.1) is 4.90 Å². The minimum absolute atomic E-state index is 0.135. The minimum atomic E-state index is -3.62. The second-order valence-electron chi connectivity index (χ2n) is 6.45. The smallest absolute Gasteiger partial charge is 0.254 e. The first-order valence-electron chi connectivity index (χ1n) is 8.68. The van der Waals surface area contributed by atoms with Gasteiger partial charge in [0, 0.05) is 31.7 Å². The second-order valence-corrected chi connectivity index (χ2v) is 8.45. The first kappa shape index (κ1) is 20.1. The predicted octanol–water partition coefficient (Wildman–Crippen LogP) is 3.38. The summed E-state index contributed by atoms with van der Waals surface area (Å²) in [5, 5.41) is 0. The van der Waals surface area contributed by atoms with E-state index in [0.29, 0.717) is 18.7 Å². The van der Waals surface area contributed by atoms with Gasteiger partial charge in [0.25, 0.3) is 5.91 Å². The van der Waals surface area contributed by atoms with Crippen LogP contribution in [-0.4, -0.2) is 43.2 Å². The molecule has 0 aromatic heterocycles. The highest BCUT2D eigenvalue weighted by Crippen LogP contribution is 2.19. The zero-order valence-electron chi connectivity index (χ0n) is 15.7. The molecule has 0 N–H and O–H groups in total. The molecule has 6 heteroatoms. The van der Waals surface area contributed by atoms with Gasteiger partial charge in [0.15, 0.2) is 0 Å². The van der Waals surface area contributed by atoms with Crippen molar-refractivity contribution in [2.24, 2.45) is 0 Å². The van der Waals surface area contributed by atoms with Crippen LogP contribution in [0.5, 0.6) is 0 Å². The topological polar surface area (TPSA) is 57.7 Å². The Hall–Kier alpha value is -2.18. The Bertz CT molecular complexity index is 848. The molecule has 2 rings (SSSR count). The summed E-state index contributed by atoms with van der Waals surface area (Å²) in [6, 6.07) is 15.8. The molecular weight excluding hydrogens is 348 g/mol. The molecule has 5 nitrogen and oxygen atoms in total. The number of rotatable bonds is 7. The van der Waals surface area contributed by atoms with Crippen LogP contribution in [0.2, 0.25) is 0 Å². The molecule has 0 saturated heterocycles. The van der Waals surface area contributed by atoms with Crippen molar-refractivity contribution in [3.05, 3.63) is 65.7 Å². The fourth-order valence-corrected chi connectivity index (χ4v) is 3.96. The molecule has 0 saturated carbocycles. The molecular formula is C20H26N2O3S. The molecule has 0 fully saturated rings. The van der Waals surface area contributed by atoms with E-state index in [2.05, 4.69) is 0 Å². The highest BCUT2D eigenvalue weighted by atomic mass is 32.2. The monoisotopic (exact) mass is 374 g/mol. The van der Waals surface area contributed by atoms with Crippen molar-refractivity contribution in [1.29, 1.82) is 0 Å². The Kier molecular flexibility index (Phi) is 6.56. The second kappa shape index (κ2) is 8.47. The van der Waals surface area contributed by atoms with Crippen LogP contribution in [0.15, 0.2) is 59.5 Å². The zero-order chi connectivity index (χ0) is 19.3. The van der Waals surface area contributed by atoms with Crippen molar-refractivity contribution >= 4 is 15.9 Å². The fraction of sp³-hybridized carbons (Fsp3) is 0.350. The number of carbonyl (C=O) groups is 1. The first-order chi connectivity index (χ1) is 12.3. The Balaban J connectivity index is 2.29. The number of nitrogens with zero attached hydrogens (tertiary/aromatic N) is 2. The number of amides is 1. The molecule has 140 valence electrons. The van der Waals surface area contributed by atoms with Crippen molar-refractivity contribution in [3.8, 4) is 0 Å². The highest BCUT2D eigenvalue weighted by molar-refractivity contribution is 7.89. The molecule has 0 aliphatic carbocycles. The van der Waals surface area contributed by atoms with Crippen molar-refractivity contribution in [1.82, 2.24) is 9.21 Å². The maximum atomic E-state index is 12.9. The van der Waals surface area contributed by atoms with Gasteiger partial charge in [-0.05, 0) is 44.5 Å². The van der Waals surface area contributed by atoms with Crippen molar-refractivity contribution in [3.63, 3.8) is 0 Å². The summed E-state index contributed by atoms with van der Waals surface area (Å²) in [5.41, 5.74) is 1.41. The van der Waals surface area contributed by atoms with Gasteiger partial charge in [-0.15, -0.1) is 0 Å². The Morgan fingerprint density at radius 2 is 1.69 bits per heavy atom. The molecule has 0 heterocycles. The van der Waals surface area contributed by atoms with Gasteiger partial charge in [0.2, 0.25) is 10.0 Å². The first-order valence-corrected chi connectivity index (χ1v) is 10.1. The quantitative estimate of drug-likeness (QED) is 0.746. The van der Waals surface area contributed by atoms with E-state index < -0.39 is 10.0 Å². The minimum Gasteiger partial charge on any atom is -0.335 e. The van der Waals surface area contributed by atoms with Crippen LogP contribution in [0, 0.1) is 0 Å². The van der Waals surface area contributed by atoms with Gasteiger partial charge in [-0.25, -0.2) is 8.42 Å². The van der Waals surface area contributed by atoms with E-state index >= 15 is 0 Å². The Morgan fingerprint density at radius 1 is 1.04 bits per heavy atom. The number of hydrogen-bond donors (Lipinski definition) is 0. The Morgan fingerprint density at radius 3 is 2.27 bits per heavy atom. The van der Waals surface area contributed by atoms with E-state index in [1.165, 1.54) is 16.4 Å². The van der Waals surface area contributed by atoms with Gasteiger partial charge in [-0.3, -0.25) is 4.79 Å². The summed E-state index contributed by atoms with van der Waals surface area (Å²) in [5.74, 6) is -0.180. The molecule has 26 heavy (non-hydrogen) atoms. The largest absolute Gasteiger partial charge is 0.335 e. The highest BCUT2D eigenvalue weighted by Gasteiger charge is 2.24. The SMILES string of the molecule is CCN(Cc1ccccc1)C(=O)c1cccc(S(=O)(=O)N(C)C(C)C)c1. The van der Waals surface area contributed by atoms with Crippen LogP contribution in [0.4, 0.5) is 0 Å². The van der Waals surface area contributed by atoms with E-state index in [-0.39, 0.29) is 16.8 Å². The third kappa shape index (κ3) is 4.51. The van der Waals surface area contributed by atoms with Crippen molar-refractivity contribution < 1.29 is 13.2 Å². The number of benzene rings is 2. The normalized spacial score (nSPS) is 11.8. The maximum absolute atomic E-state index is 12.9. The van der Waals surface area contributed by atoms with Gasteiger partial charge >= 0.3 is 0 Å². The molecule has 0 aliphatic heterocycles. The lowest BCUT2D eigenvalue weighted by Crippen LogP contribution is -2.33. The number of sulfonamides is 1. The van der Waals surface area contributed by atoms with E-state index in [0.717, 1.165) is 5.56 Å². The Labute approximate surface area is 156 Å². The number of hydrogen-bond acceptors (Lipinski definition) is 3. The predicted molar refractivity (Wildman–Crippen MR) is 103 cm³/mol. The summed E-state index contributed by atoms with van der Waals surface area (Å²) in [7, 11) is -2.08. The van der Waals surface area contributed by atoms with Crippen molar-refractivity contribution in [2.75, 3.05) is 13.6 Å². The van der Waals surface area contributed by atoms with Crippen LogP contribution in [-0.2, 0) is 16.6 Å². The molecule has 0 unspecified atom stereocenters. The molecule has 0 aliphatic rings. The third-order valence-corrected chi connectivity index (χ3v) is 6.40. The van der Waals surface area contributed by atoms with Gasteiger partial charge in [-0.1, -0.05) is 36.4 Å². The maximum Gasteiger partial charge on any atom is 0.254 e. The van der Waals surface area contributed by atoms with Gasteiger partial charge in [0.1, 0.15) is 0 Å². The summed E-state index contributed by atoms with van der Waals surface area (Å²) in [6.45, 7) is 6.56. The standard InChI is InChI=1S/C20H26N2O3S/c1-5-22(15-17-10-7-6-8-11-17)20(23)18-12-9-13-19(14-18)26(24,25)21(4)16(2)3/h6-14,16H,5,15H2,1-4H3. The summed E-state index contributed by atoms with van der Waals surface area (Å²) >= 11 is 0. The molecule has 2 aromatic carbocycles. The molecule has 1 amide bonds. The third-order valence-electron chi connectivity index (χ3n) is 4.37. The fourth-order valence-electron chi connectivity index (χ4n) is 2.55. The molecule has 0 radical (unpaired) electrons. The molecule has 0 bridgehead atoms. The lowest BCUT2D eigenvalue weighted by molar-refractivity contribution is 0.0752. The van der Waals surface area contributed by atoms with E-state index in [1.54, 1.807) is 24.1 Å². The average molecular weight is 375 g/mol. The van der Waals surface area contributed by atoms with Gasteiger partial charge < -0.3 is 4.90 Å². The van der Waals surface area contributed by atoms with Crippen molar-refractivity contribution in [2.45, 2.75) is 38.3 Å². The van der Waals surface area contributed by atoms with Crippen LogP contribution < -0.4 is 0 Å². The molecule has 0 atom stereocenters. The summed E-state index contributed by atoms with van der Waals surface area (Å²) in [4.78, 5) is 14.7. The molecule has 2 aromatic rings.